The van der Waals surface area contributed by atoms with E-state index in [1.165, 1.54) is 0 Å². The van der Waals surface area contributed by atoms with Gasteiger partial charge in [-0.3, -0.25) is 0 Å². The Hall–Kier alpha value is -1.77. The Labute approximate surface area is 82.6 Å². The van der Waals surface area contributed by atoms with Crippen molar-refractivity contribution in [3.05, 3.63) is 35.7 Å². The molecule has 0 radical (unpaired) electrons. The highest BCUT2D eigenvalue weighted by atomic mass is 16.4. The summed E-state index contributed by atoms with van der Waals surface area (Å²) < 4.78 is 5.44. The number of hydrogen-bond donors (Lipinski definition) is 1. The summed E-state index contributed by atoms with van der Waals surface area (Å²) in [5.74, 6) is 1.47. The highest BCUT2D eigenvalue weighted by Crippen LogP contribution is 2.24. The zero-order chi connectivity index (χ0) is 10.1. The van der Waals surface area contributed by atoms with Crippen LogP contribution < -0.4 is 5.73 Å². The molecule has 0 saturated heterocycles. The molecule has 0 fully saturated rings. The molecule has 0 aliphatic carbocycles. The van der Waals surface area contributed by atoms with Crippen LogP contribution in [0.25, 0.3) is 11.5 Å². The lowest BCUT2D eigenvalue weighted by Crippen LogP contribution is -1.88. The Bertz CT molecular complexity index is 460. The molecule has 1 heterocycles. The summed E-state index contributed by atoms with van der Waals surface area (Å²) in [5, 5.41) is 0. The van der Waals surface area contributed by atoms with Crippen molar-refractivity contribution < 1.29 is 4.42 Å². The van der Waals surface area contributed by atoms with E-state index in [4.69, 9.17) is 10.2 Å². The number of nitrogens with two attached hydrogens (primary N) is 1. The van der Waals surface area contributed by atoms with Crippen molar-refractivity contribution in [1.29, 1.82) is 0 Å². The minimum Gasteiger partial charge on any atom is -0.441 e. The second kappa shape index (κ2) is 3.18. The molecule has 0 aliphatic rings. The van der Waals surface area contributed by atoms with Gasteiger partial charge in [-0.05, 0) is 37.6 Å². The van der Waals surface area contributed by atoms with Gasteiger partial charge in [-0.25, -0.2) is 4.98 Å². The van der Waals surface area contributed by atoms with E-state index in [1.54, 1.807) is 6.20 Å². The van der Waals surface area contributed by atoms with Crippen LogP contribution in [0, 0.1) is 13.8 Å². The SMILES string of the molecule is Cc1cnc(-c2ccc(N)cc2C)o1. The van der Waals surface area contributed by atoms with Crippen molar-refractivity contribution in [2.24, 2.45) is 0 Å². The van der Waals surface area contributed by atoms with Crippen molar-refractivity contribution in [3.63, 3.8) is 0 Å². The molecular weight excluding hydrogens is 176 g/mol. The normalized spacial score (nSPS) is 10.4. The van der Waals surface area contributed by atoms with Gasteiger partial charge in [0.15, 0.2) is 0 Å². The molecule has 0 atom stereocenters. The fraction of sp³-hybridized carbons (Fsp3) is 0.182. The Balaban J connectivity index is 2.52. The predicted molar refractivity (Wildman–Crippen MR) is 55.8 cm³/mol. The molecule has 0 aliphatic heterocycles. The van der Waals surface area contributed by atoms with Crippen LogP contribution in [0.4, 0.5) is 5.69 Å². The molecule has 2 rings (SSSR count). The first-order valence-corrected chi connectivity index (χ1v) is 4.46. The zero-order valence-corrected chi connectivity index (χ0v) is 8.24. The van der Waals surface area contributed by atoms with Crippen molar-refractivity contribution in [2.45, 2.75) is 13.8 Å². The maximum atomic E-state index is 5.66. The summed E-state index contributed by atoms with van der Waals surface area (Å²) in [6.07, 6.45) is 1.71. The number of hydrogen-bond acceptors (Lipinski definition) is 3. The van der Waals surface area contributed by atoms with Crippen LogP contribution in [0.2, 0.25) is 0 Å². The lowest BCUT2D eigenvalue weighted by Gasteiger charge is -2.01. The predicted octanol–water partition coefficient (Wildman–Crippen LogP) is 2.54. The maximum Gasteiger partial charge on any atom is 0.226 e. The summed E-state index contributed by atoms with van der Waals surface area (Å²) >= 11 is 0. The molecule has 14 heavy (non-hydrogen) atoms. The fourth-order valence-corrected chi connectivity index (χ4v) is 1.41. The molecule has 2 aromatic rings. The molecule has 72 valence electrons. The maximum absolute atomic E-state index is 5.66. The van der Waals surface area contributed by atoms with Gasteiger partial charge in [0.05, 0.1) is 6.20 Å². The number of oxazole rings is 1. The van der Waals surface area contributed by atoms with Gasteiger partial charge in [-0.15, -0.1) is 0 Å². The van der Waals surface area contributed by atoms with Gasteiger partial charge >= 0.3 is 0 Å². The molecule has 1 aromatic heterocycles. The molecule has 0 bridgehead atoms. The molecule has 0 amide bonds. The Kier molecular flexibility index (Phi) is 2.00. The lowest BCUT2D eigenvalue weighted by atomic mass is 10.1. The van der Waals surface area contributed by atoms with E-state index in [9.17, 15) is 0 Å². The monoisotopic (exact) mass is 188 g/mol. The third-order valence-corrected chi connectivity index (χ3v) is 2.10. The summed E-state index contributed by atoms with van der Waals surface area (Å²) in [6, 6.07) is 5.69. The standard InChI is InChI=1S/C11H12N2O/c1-7-5-9(12)3-4-10(7)11-13-6-8(2)14-11/h3-6H,12H2,1-2H3. The summed E-state index contributed by atoms with van der Waals surface area (Å²) in [7, 11) is 0. The van der Waals surface area contributed by atoms with Gasteiger partial charge in [-0.2, -0.15) is 0 Å². The molecule has 0 saturated carbocycles. The van der Waals surface area contributed by atoms with Gasteiger partial charge in [0.1, 0.15) is 5.76 Å². The van der Waals surface area contributed by atoms with Crippen LogP contribution in [0.1, 0.15) is 11.3 Å². The average Bonchev–Trinajstić information content (AvgIpc) is 2.51. The minimum absolute atomic E-state index is 0.653. The number of rotatable bonds is 1. The van der Waals surface area contributed by atoms with Crippen LogP contribution in [0.3, 0.4) is 0 Å². The molecule has 1 aromatic carbocycles. The Morgan fingerprint density at radius 2 is 2.07 bits per heavy atom. The van der Waals surface area contributed by atoms with E-state index in [1.807, 2.05) is 32.0 Å². The van der Waals surface area contributed by atoms with E-state index in [-0.39, 0.29) is 0 Å². The number of benzene rings is 1. The van der Waals surface area contributed by atoms with Gasteiger partial charge in [0.2, 0.25) is 5.89 Å². The zero-order valence-electron chi connectivity index (χ0n) is 8.24. The molecule has 3 heteroatoms. The van der Waals surface area contributed by atoms with E-state index in [2.05, 4.69) is 4.98 Å². The lowest BCUT2D eigenvalue weighted by molar-refractivity contribution is 0.542. The van der Waals surface area contributed by atoms with Crippen LogP contribution in [0.15, 0.2) is 28.8 Å². The number of nitrogens with zero attached hydrogens (tertiary/aromatic N) is 1. The van der Waals surface area contributed by atoms with E-state index in [0.717, 1.165) is 22.6 Å². The summed E-state index contributed by atoms with van der Waals surface area (Å²) in [6.45, 7) is 3.87. The van der Waals surface area contributed by atoms with E-state index >= 15 is 0 Å². The van der Waals surface area contributed by atoms with Crippen molar-refractivity contribution in [3.8, 4) is 11.5 Å². The van der Waals surface area contributed by atoms with Crippen molar-refractivity contribution in [2.75, 3.05) is 5.73 Å². The molecule has 3 nitrogen and oxygen atoms in total. The second-order valence-corrected chi connectivity index (χ2v) is 3.35. The molecule has 0 spiro atoms. The first kappa shape index (κ1) is 8.81. The topological polar surface area (TPSA) is 52.0 Å². The van der Waals surface area contributed by atoms with Crippen molar-refractivity contribution in [1.82, 2.24) is 4.98 Å². The van der Waals surface area contributed by atoms with Crippen molar-refractivity contribution >= 4 is 5.69 Å². The highest BCUT2D eigenvalue weighted by Gasteiger charge is 2.07. The largest absolute Gasteiger partial charge is 0.441 e. The van der Waals surface area contributed by atoms with E-state index < -0.39 is 0 Å². The van der Waals surface area contributed by atoms with Crippen LogP contribution in [-0.2, 0) is 0 Å². The molecular formula is C11H12N2O. The Morgan fingerprint density at radius 1 is 1.29 bits per heavy atom. The van der Waals surface area contributed by atoms with Gasteiger partial charge < -0.3 is 10.2 Å². The first-order chi connectivity index (χ1) is 6.66. The number of anilines is 1. The summed E-state index contributed by atoms with van der Waals surface area (Å²) in [5.41, 5.74) is 8.49. The van der Waals surface area contributed by atoms with Crippen LogP contribution >= 0.6 is 0 Å². The number of nitrogen functional groups attached to an aromatic ring is 1. The van der Waals surface area contributed by atoms with Crippen LogP contribution in [-0.4, -0.2) is 4.98 Å². The van der Waals surface area contributed by atoms with Gasteiger partial charge in [0.25, 0.3) is 0 Å². The molecule has 0 unspecified atom stereocenters. The fourth-order valence-electron chi connectivity index (χ4n) is 1.41. The first-order valence-electron chi connectivity index (χ1n) is 4.46. The molecule has 2 N–H and O–H groups in total. The number of aryl methyl sites for hydroxylation is 2. The quantitative estimate of drug-likeness (QED) is 0.699. The second-order valence-electron chi connectivity index (χ2n) is 3.35. The summed E-state index contributed by atoms with van der Waals surface area (Å²) in [4.78, 5) is 4.17. The smallest absolute Gasteiger partial charge is 0.226 e. The minimum atomic E-state index is 0.653. The van der Waals surface area contributed by atoms with Gasteiger partial charge in [-0.1, -0.05) is 0 Å². The van der Waals surface area contributed by atoms with E-state index in [0.29, 0.717) is 5.89 Å². The third-order valence-electron chi connectivity index (χ3n) is 2.10. The number of aromatic nitrogens is 1. The average molecular weight is 188 g/mol. The van der Waals surface area contributed by atoms with Gasteiger partial charge in [0, 0.05) is 11.3 Å². The van der Waals surface area contributed by atoms with Crippen LogP contribution in [0.5, 0.6) is 0 Å². The Morgan fingerprint density at radius 3 is 2.64 bits per heavy atom. The highest BCUT2D eigenvalue weighted by molar-refractivity contribution is 5.62. The third kappa shape index (κ3) is 1.48.